The number of nitrogens with zero attached hydrogens (tertiary/aromatic N) is 2. The van der Waals surface area contributed by atoms with Crippen LogP contribution in [-0.2, 0) is 6.42 Å². The molecule has 2 rings (SSSR count). The van der Waals surface area contributed by atoms with Gasteiger partial charge >= 0.3 is 5.82 Å². The normalized spacial score (nSPS) is 20.9. The van der Waals surface area contributed by atoms with Crippen molar-refractivity contribution in [1.29, 1.82) is 0 Å². The molecule has 1 atom stereocenters. The van der Waals surface area contributed by atoms with Gasteiger partial charge in [-0.15, -0.1) is 0 Å². The van der Waals surface area contributed by atoms with Gasteiger partial charge in [-0.2, -0.15) is 0 Å². The molecule has 1 aromatic heterocycles. The predicted molar refractivity (Wildman–Crippen MR) is 44.1 cm³/mol. The van der Waals surface area contributed by atoms with Gasteiger partial charge in [-0.1, -0.05) is 0 Å². The Morgan fingerprint density at radius 1 is 1.67 bits per heavy atom. The van der Waals surface area contributed by atoms with Gasteiger partial charge in [0.15, 0.2) is 0 Å². The van der Waals surface area contributed by atoms with E-state index in [1.807, 2.05) is 17.6 Å². The molecule has 4 nitrogen and oxygen atoms in total. The van der Waals surface area contributed by atoms with Gasteiger partial charge in [0.2, 0.25) is 0 Å². The van der Waals surface area contributed by atoms with Crippen molar-refractivity contribution in [2.45, 2.75) is 25.8 Å². The monoisotopic (exact) mass is 166 g/mol. The minimum absolute atomic E-state index is 0.231. The second kappa shape index (κ2) is 2.33. The van der Waals surface area contributed by atoms with Gasteiger partial charge in [-0.05, 0) is 24.3 Å². The highest BCUT2D eigenvalue weighted by molar-refractivity contribution is 5.30. The average Bonchev–Trinajstić information content (AvgIpc) is 2.53. The van der Waals surface area contributed by atoms with Crippen LogP contribution < -0.4 is 0 Å². The third-order valence-corrected chi connectivity index (χ3v) is 2.43. The van der Waals surface area contributed by atoms with Gasteiger partial charge in [0.05, 0.1) is 6.04 Å². The third kappa shape index (κ3) is 0.841. The molecule has 0 fully saturated rings. The first-order chi connectivity index (χ1) is 5.70. The molecule has 1 aromatic rings. The molecule has 1 aliphatic rings. The molecule has 0 aliphatic carbocycles. The second-order valence-corrected chi connectivity index (χ2v) is 3.20. The van der Waals surface area contributed by atoms with Crippen molar-refractivity contribution in [1.82, 2.24) is 4.57 Å². The van der Waals surface area contributed by atoms with Crippen molar-refractivity contribution in [2.24, 2.45) is 0 Å². The summed E-state index contributed by atoms with van der Waals surface area (Å²) in [4.78, 5) is 10.2. The summed E-state index contributed by atoms with van der Waals surface area (Å²) in [5.41, 5.74) is 1.09. The van der Waals surface area contributed by atoms with E-state index in [0.29, 0.717) is 0 Å². The standard InChI is InChI=1S/C8H10N2O2/c1-6-2-3-7-4-5-8(9(6)7)10(11)12/h4-6H,2-3H2,1H3. The first kappa shape index (κ1) is 7.34. The van der Waals surface area contributed by atoms with Crippen LogP contribution in [0.25, 0.3) is 0 Å². The van der Waals surface area contributed by atoms with Crippen LogP contribution >= 0.6 is 0 Å². The summed E-state index contributed by atoms with van der Waals surface area (Å²) < 4.78 is 1.82. The molecule has 0 saturated carbocycles. The van der Waals surface area contributed by atoms with E-state index in [2.05, 4.69) is 0 Å². The number of aromatic nitrogens is 1. The van der Waals surface area contributed by atoms with E-state index in [1.54, 1.807) is 6.07 Å². The zero-order chi connectivity index (χ0) is 8.72. The Bertz CT molecular complexity index is 330. The summed E-state index contributed by atoms with van der Waals surface area (Å²) in [5.74, 6) is 0.231. The molecule has 2 heterocycles. The molecule has 0 bridgehead atoms. The summed E-state index contributed by atoms with van der Waals surface area (Å²) in [7, 11) is 0. The van der Waals surface area contributed by atoms with Crippen molar-refractivity contribution in [2.75, 3.05) is 0 Å². The Balaban J connectivity index is 2.53. The Hall–Kier alpha value is -1.32. The molecule has 4 heteroatoms. The van der Waals surface area contributed by atoms with Crippen molar-refractivity contribution in [3.8, 4) is 0 Å². The molecule has 1 aliphatic heterocycles. The maximum absolute atomic E-state index is 10.6. The lowest BCUT2D eigenvalue weighted by Crippen LogP contribution is -2.03. The topological polar surface area (TPSA) is 48.1 Å². The van der Waals surface area contributed by atoms with Gasteiger partial charge in [-0.3, -0.25) is 0 Å². The highest BCUT2D eigenvalue weighted by Gasteiger charge is 2.28. The number of fused-ring (bicyclic) bond motifs is 1. The van der Waals surface area contributed by atoms with Crippen LogP contribution in [-0.4, -0.2) is 9.49 Å². The number of hydrogen-bond donors (Lipinski definition) is 0. The Kier molecular flexibility index (Phi) is 1.43. The lowest BCUT2D eigenvalue weighted by atomic mass is 10.2. The van der Waals surface area contributed by atoms with Gasteiger partial charge < -0.3 is 10.1 Å². The zero-order valence-electron chi connectivity index (χ0n) is 6.86. The molecule has 64 valence electrons. The first-order valence-corrected chi connectivity index (χ1v) is 4.04. The summed E-state index contributed by atoms with van der Waals surface area (Å²) in [6, 6.07) is 3.72. The fourth-order valence-electron chi connectivity index (χ4n) is 1.83. The molecule has 12 heavy (non-hydrogen) atoms. The fraction of sp³-hybridized carbons (Fsp3) is 0.500. The van der Waals surface area contributed by atoms with E-state index in [-0.39, 0.29) is 16.8 Å². The number of rotatable bonds is 1. The van der Waals surface area contributed by atoms with E-state index in [4.69, 9.17) is 0 Å². The van der Waals surface area contributed by atoms with E-state index in [0.717, 1.165) is 18.5 Å². The molecule has 0 saturated heterocycles. The average molecular weight is 166 g/mol. The lowest BCUT2D eigenvalue weighted by molar-refractivity contribution is -0.392. The summed E-state index contributed by atoms with van der Waals surface area (Å²) in [5, 5.41) is 10.6. The molecule has 0 amide bonds. The molecule has 0 radical (unpaired) electrons. The smallest absolute Gasteiger partial charge is 0.323 e. The molecular weight excluding hydrogens is 156 g/mol. The Labute approximate surface area is 70.0 Å². The number of nitro groups is 1. The van der Waals surface area contributed by atoms with Crippen molar-refractivity contribution >= 4 is 5.82 Å². The molecule has 0 spiro atoms. The highest BCUT2D eigenvalue weighted by atomic mass is 16.6. The van der Waals surface area contributed by atoms with E-state index >= 15 is 0 Å². The largest absolute Gasteiger partial charge is 0.358 e. The lowest BCUT2D eigenvalue weighted by Gasteiger charge is -2.02. The Morgan fingerprint density at radius 3 is 3.08 bits per heavy atom. The van der Waals surface area contributed by atoms with Crippen LogP contribution in [0.4, 0.5) is 5.82 Å². The summed E-state index contributed by atoms with van der Waals surface area (Å²) in [6.07, 6.45) is 1.99. The molecule has 0 N–H and O–H groups in total. The third-order valence-electron chi connectivity index (χ3n) is 2.43. The van der Waals surface area contributed by atoms with E-state index in [1.165, 1.54) is 0 Å². The van der Waals surface area contributed by atoms with Crippen LogP contribution in [0.15, 0.2) is 12.1 Å². The van der Waals surface area contributed by atoms with Gasteiger partial charge in [0, 0.05) is 12.5 Å². The maximum atomic E-state index is 10.6. The molecular formula is C8H10N2O2. The molecule has 1 unspecified atom stereocenters. The second-order valence-electron chi connectivity index (χ2n) is 3.20. The summed E-state index contributed by atoms with van der Waals surface area (Å²) >= 11 is 0. The highest BCUT2D eigenvalue weighted by Crippen LogP contribution is 2.31. The van der Waals surface area contributed by atoms with Crippen LogP contribution in [0.2, 0.25) is 0 Å². The quantitative estimate of drug-likeness (QED) is 0.472. The minimum atomic E-state index is -0.314. The van der Waals surface area contributed by atoms with Crippen molar-refractivity contribution in [3.05, 3.63) is 27.9 Å². The minimum Gasteiger partial charge on any atom is -0.358 e. The van der Waals surface area contributed by atoms with Gasteiger partial charge in [0.25, 0.3) is 0 Å². The number of aryl methyl sites for hydroxylation is 1. The summed E-state index contributed by atoms with van der Waals surface area (Å²) in [6.45, 7) is 2.02. The maximum Gasteiger partial charge on any atom is 0.323 e. The number of hydrogen-bond acceptors (Lipinski definition) is 2. The van der Waals surface area contributed by atoms with E-state index in [9.17, 15) is 10.1 Å². The fourth-order valence-corrected chi connectivity index (χ4v) is 1.83. The van der Waals surface area contributed by atoms with Crippen LogP contribution in [0, 0.1) is 10.1 Å². The van der Waals surface area contributed by atoms with Gasteiger partial charge in [-0.25, -0.2) is 4.57 Å². The SMILES string of the molecule is CC1CCc2ccc([N+](=O)[O-])n21. The van der Waals surface area contributed by atoms with Crippen LogP contribution in [0.1, 0.15) is 25.1 Å². The van der Waals surface area contributed by atoms with Crippen molar-refractivity contribution < 1.29 is 4.92 Å². The first-order valence-electron chi connectivity index (χ1n) is 4.04. The molecule has 0 aromatic carbocycles. The van der Waals surface area contributed by atoms with Crippen LogP contribution in [0.3, 0.4) is 0 Å². The van der Waals surface area contributed by atoms with Gasteiger partial charge in [0.1, 0.15) is 5.69 Å². The van der Waals surface area contributed by atoms with Crippen molar-refractivity contribution in [3.63, 3.8) is 0 Å². The Morgan fingerprint density at radius 2 is 2.42 bits per heavy atom. The zero-order valence-corrected chi connectivity index (χ0v) is 6.86. The predicted octanol–water partition coefficient (Wildman–Crippen LogP) is 1.90. The van der Waals surface area contributed by atoms with Crippen LogP contribution in [0.5, 0.6) is 0 Å². The van der Waals surface area contributed by atoms with E-state index < -0.39 is 0 Å².